The minimum atomic E-state index is -0.198. The van der Waals surface area contributed by atoms with Gasteiger partial charge in [0.1, 0.15) is 18.2 Å². The highest BCUT2D eigenvalue weighted by Gasteiger charge is 2.20. The van der Waals surface area contributed by atoms with Gasteiger partial charge < -0.3 is 0 Å². The normalized spacial score (nSPS) is 12.6. The summed E-state index contributed by atoms with van der Waals surface area (Å²) in [4.78, 5) is 4.32. The van der Waals surface area contributed by atoms with E-state index in [2.05, 4.69) is 54.3 Å². The van der Waals surface area contributed by atoms with Crippen LogP contribution >= 0.6 is 31.9 Å². The number of rotatable bonds is 5. The first kappa shape index (κ1) is 14.6. The van der Waals surface area contributed by atoms with Crippen molar-refractivity contribution in [2.24, 2.45) is 5.84 Å². The molecule has 0 saturated carbocycles. The molecular formula is C12H15Br2N5. The molecule has 0 fully saturated rings. The Kier molecular flexibility index (Phi) is 5.09. The molecular weight excluding hydrogens is 374 g/mol. The summed E-state index contributed by atoms with van der Waals surface area (Å²) in [6.07, 6.45) is 2.55. The maximum Gasteiger partial charge on any atom is 0.149 e. The van der Waals surface area contributed by atoms with E-state index in [1.807, 2.05) is 22.9 Å². The highest BCUT2D eigenvalue weighted by Crippen LogP contribution is 2.29. The number of hydrazine groups is 1. The van der Waals surface area contributed by atoms with Crippen molar-refractivity contribution in [3.63, 3.8) is 0 Å². The SMILES string of the molecule is CCCn1ncnc1C(NN)c1ccc(Br)cc1Br. The smallest absolute Gasteiger partial charge is 0.149 e. The number of halogens is 2. The molecule has 0 radical (unpaired) electrons. The third kappa shape index (κ3) is 3.22. The Hall–Kier alpha value is -0.760. The molecule has 102 valence electrons. The monoisotopic (exact) mass is 387 g/mol. The van der Waals surface area contributed by atoms with E-state index in [1.54, 1.807) is 6.33 Å². The largest absolute Gasteiger partial charge is 0.270 e. The zero-order chi connectivity index (χ0) is 13.8. The van der Waals surface area contributed by atoms with Gasteiger partial charge in [0.15, 0.2) is 0 Å². The Bertz CT molecular complexity index is 555. The van der Waals surface area contributed by atoms with Crippen molar-refractivity contribution in [1.82, 2.24) is 20.2 Å². The van der Waals surface area contributed by atoms with Crippen LogP contribution < -0.4 is 11.3 Å². The second-order valence-corrected chi connectivity index (χ2v) is 5.88. The average Bonchev–Trinajstić information content (AvgIpc) is 2.82. The van der Waals surface area contributed by atoms with Gasteiger partial charge in [-0.25, -0.2) is 15.1 Å². The Morgan fingerprint density at radius 3 is 2.84 bits per heavy atom. The van der Waals surface area contributed by atoms with Crippen LogP contribution in [0.25, 0.3) is 0 Å². The van der Waals surface area contributed by atoms with Crippen LogP contribution in [0.15, 0.2) is 33.5 Å². The Balaban J connectivity index is 2.41. The molecule has 1 atom stereocenters. The van der Waals surface area contributed by atoms with Crippen LogP contribution in [0.5, 0.6) is 0 Å². The second-order valence-electron chi connectivity index (χ2n) is 4.11. The van der Waals surface area contributed by atoms with Crippen LogP contribution in [0.2, 0.25) is 0 Å². The van der Waals surface area contributed by atoms with E-state index < -0.39 is 0 Å². The zero-order valence-corrected chi connectivity index (χ0v) is 13.6. The lowest BCUT2D eigenvalue weighted by Gasteiger charge is -2.18. The number of aryl methyl sites for hydroxylation is 1. The molecule has 0 aliphatic heterocycles. The molecule has 1 aromatic heterocycles. The fourth-order valence-electron chi connectivity index (χ4n) is 1.92. The van der Waals surface area contributed by atoms with E-state index in [4.69, 9.17) is 5.84 Å². The summed E-state index contributed by atoms with van der Waals surface area (Å²) in [5, 5.41) is 4.23. The lowest BCUT2D eigenvalue weighted by molar-refractivity contribution is 0.510. The van der Waals surface area contributed by atoms with Gasteiger partial charge in [0, 0.05) is 15.5 Å². The van der Waals surface area contributed by atoms with Gasteiger partial charge in [0.05, 0.1) is 0 Å². The van der Waals surface area contributed by atoms with Crippen molar-refractivity contribution in [3.8, 4) is 0 Å². The molecule has 7 heteroatoms. The predicted octanol–water partition coefficient (Wildman–Crippen LogP) is 2.77. The molecule has 1 heterocycles. The van der Waals surface area contributed by atoms with Crippen molar-refractivity contribution in [2.45, 2.75) is 25.9 Å². The van der Waals surface area contributed by atoms with Crippen LogP contribution in [0.1, 0.15) is 30.8 Å². The number of nitrogens with zero attached hydrogens (tertiary/aromatic N) is 3. The van der Waals surface area contributed by atoms with Crippen molar-refractivity contribution in [3.05, 3.63) is 44.9 Å². The van der Waals surface area contributed by atoms with Gasteiger partial charge in [-0.1, -0.05) is 44.8 Å². The summed E-state index contributed by atoms with van der Waals surface area (Å²) in [5.74, 6) is 6.52. The van der Waals surface area contributed by atoms with Crippen LogP contribution in [-0.2, 0) is 6.54 Å². The highest BCUT2D eigenvalue weighted by atomic mass is 79.9. The van der Waals surface area contributed by atoms with Gasteiger partial charge in [-0.3, -0.25) is 5.84 Å². The first-order valence-corrected chi connectivity index (χ1v) is 7.54. The van der Waals surface area contributed by atoms with E-state index in [-0.39, 0.29) is 6.04 Å². The van der Waals surface area contributed by atoms with Gasteiger partial charge in [0.2, 0.25) is 0 Å². The van der Waals surface area contributed by atoms with Gasteiger partial charge in [-0.2, -0.15) is 5.10 Å². The van der Waals surface area contributed by atoms with Crippen LogP contribution in [-0.4, -0.2) is 14.8 Å². The quantitative estimate of drug-likeness (QED) is 0.610. The van der Waals surface area contributed by atoms with Crippen LogP contribution in [0.4, 0.5) is 0 Å². The number of hydrogen-bond acceptors (Lipinski definition) is 4. The standard InChI is InChI=1S/C12H15Br2N5/c1-2-5-19-12(16-7-17-19)11(18-15)9-4-3-8(13)6-10(9)14/h3-4,6-7,11,18H,2,5,15H2,1H3. The number of hydrogen-bond donors (Lipinski definition) is 2. The number of benzene rings is 1. The van der Waals surface area contributed by atoms with Crippen molar-refractivity contribution >= 4 is 31.9 Å². The first-order chi connectivity index (χ1) is 9.17. The van der Waals surface area contributed by atoms with E-state index in [1.165, 1.54) is 0 Å². The average molecular weight is 389 g/mol. The molecule has 1 aromatic carbocycles. The molecule has 0 aliphatic rings. The van der Waals surface area contributed by atoms with E-state index in [0.29, 0.717) is 0 Å². The van der Waals surface area contributed by atoms with Gasteiger partial charge in [-0.15, -0.1) is 0 Å². The topological polar surface area (TPSA) is 68.8 Å². The summed E-state index contributed by atoms with van der Waals surface area (Å²) in [5.41, 5.74) is 3.84. The molecule has 1 unspecified atom stereocenters. The lowest BCUT2D eigenvalue weighted by Crippen LogP contribution is -2.31. The molecule has 5 nitrogen and oxygen atoms in total. The molecule has 0 bridgehead atoms. The van der Waals surface area contributed by atoms with Crippen molar-refractivity contribution < 1.29 is 0 Å². The van der Waals surface area contributed by atoms with Crippen LogP contribution in [0.3, 0.4) is 0 Å². The van der Waals surface area contributed by atoms with Crippen molar-refractivity contribution in [1.29, 1.82) is 0 Å². The Morgan fingerprint density at radius 2 is 2.21 bits per heavy atom. The fourth-order valence-corrected chi connectivity index (χ4v) is 3.20. The summed E-state index contributed by atoms with van der Waals surface area (Å²) >= 11 is 7.00. The van der Waals surface area contributed by atoms with Gasteiger partial charge in [0.25, 0.3) is 0 Å². The molecule has 3 N–H and O–H groups in total. The summed E-state index contributed by atoms with van der Waals surface area (Å²) < 4.78 is 3.85. The third-order valence-corrected chi connectivity index (χ3v) is 3.96. The lowest BCUT2D eigenvalue weighted by atomic mass is 10.1. The van der Waals surface area contributed by atoms with Gasteiger partial charge in [-0.05, 0) is 24.1 Å². The number of nitrogens with one attached hydrogen (secondary N) is 1. The molecule has 0 spiro atoms. The minimum absolute atomic E-state index is 0.198. The Labute approximate surface area is 128 Å². The van der Waals surface area contributed by atoms with E-state index in [0.717, 1.165) is 33.3 Å². The fraction of sp³-hybridized carbons (Fsp3) is 0.333. The number of nitrogens with two attached hydrogens (primary N) is 1. The summed E-state index contributed by atoms with van der Waals surface area (Å²) in [7, 11) is 0. The molecule has 2 rings (SSSR count). The third-order valence-electron chi connectivity index (χ3n) is 2.78. The number of aromatic nitrogens is 3. The molecule has 0 aliphatic carbocycles. The maximum absolute atomic E-state index is 5.70. The minimum Gasteiger partial charge on any atom is -0.270 e. The van der Waals surface area contributed by atoms with Crippen LogP contribution in [0, 0.1) is 0 Å². The molecule has 0 amide bonds. The zero-order valence-electron chi connectivity index (χ0n) is 10.5. The van der Waals surface area contributed by atoms with Crippen molar-refractivity contribution in [2.75, 3.05) is 0 Å². The molecule has 19 heavy (non-hydrogen) atoms. The van der Waals surface area contributed by atoms with Gasteiger partial charge >= 0.3 is 0 Å². The molecule has 0 saturated heterocycles. The van der Waals surface area contributed by atoms with E-state index in [9.17, 15) is 0 Å². The maximum atomic E-state index is 5.70. The predicted molar refractivity (Wildman–Crippen MR) is 81.3 cm³/mol. The molecule has 2 aromatic rings. The second kappa shape index (κ2) is 6.60. The Morgan fingerprint density at radius 1 is 1.42 bits per heavy atom. The summed E-state index contributed by atoms with van der Waals surface area (Å²) in [6, 6.07) is 5.77. The first-order valence-electron chi connectivity index (χ1n) is 5.96. The highest BCUT2D eigenvalue weighted by molar-refractivity contribution is 9.11. The summed E-state index contributed by atoms with van der Waals surface area (Å²) in [6.45, 7) is 2.92. The van der Waals surface area contributed by atoms with E-state index >= 15 is 0 Å².